The van der Waals surface area contributed by atoms with E-state index in [1.165, 1.54) is 24.5 Å². The lowest BCUT2D eigenvalue weighted by Gasteiger charge is -2.25. The van der Waals surface area contributed by atoms with Crippen molar-refractivity contribution in [2.45, 2.75) is 26.0 Å². The van der Waals surface area contributed by atoms with Crippen molar-refractivity contribution < 1.29 is 18.7 Å². The highest BCUT2D eigenvalue weighted by atomic mass is 32.1. The van der Waals surface area contributed by atoms with Crippen LogP contribution in [-0.2, 0) is 16.1 Å². The first-order valence-corrected chi connectivity index (χ1v) is 13.0. The van der Waals surface area contributed by atoms with Gasteiger partial charge in [0.1, 0.15) is 18.2 Å². The minimum Gasteiger partial charge on any atom is -0.488 e. The van der Waals surface area contributed by atoms with Gasteiger partial charge in [0.05, 0.1) is 29.0 Å². The average molecular weight is 529 g/mol. The van der Waals surface area contributed by atoms with E-state index < -0.39 is 12.0 Å². The van der Waals surface area contributed by atoms with Crippen LogP contribution in [0.1, 0.15) is 36.1 Å². The fraction of sp³-hybridized carbons (Fsp3) is 0.167. The summed E-state index contributed by atoms with van der Waals surface area (Å²) in [6.07, 6.45) is 2.25. The number of allylic oxidation sites excluding steroid dienone is 1. The van der Waals surface area contributed by atoms with Crippen LogP contribution in [0.2, 0.25) is 0 Å². The summed E-state index contributed by atoms with van der Waals surface area (Å²) in [6, 6.07) is 22.5. The molecule has 38 heavy (non-hydrogen) atoms. The molecular formula is C30H25FN2O4S. The summed E-state index contributed by atoms with van der Waals surface area (Å²) in [6.45, 7) is 1.97. The van der Waals surface area contributed by atoms with Crippen LogP contribution in [-0.4, -0.2) is 17.6 Å². The second-order valence-electron chi connectivity index (χ2n) is 8.62. The number of esters is 1. The molecule has 1 aromatic heterocycles. The van der Waals surface area contributed by atoms with E-state index in [1.54, 1.807) is 34.9 Å². The summed E-state index contributed by atoms with van der Waals surface area (Å²) in [5.74, 6) is -0.335. The molecule has 1 atom stereocenters. The van der Waals surface area contributed by atoms with Gasteiger partial charge in [0.25, 0.3) is 5.56 Å². The molecular weight excluding hydrogens is 503 g/mol. The van der Waals surface area contributed by atoms with Crippen LogP contribution in [0.15, 0.2) is 99.9 Å². The molecule has 3 aromatic carbocycles. The number of hydrogen-bond donors (Lipinski definition) is 0. The molecule has 0 saturated carbocycles. The van der Waals surface area contributed by atoms with Crippen LogP contribution in [0, 0.1) is 5.82 Å². The predicted octanol–water partition coefficient (Wildman–Crippen LogP) is 4.52. The van der Waals surface area contributed by atoms with Gasteiger partial charge in [-0.05, 0) is 30.2 Å². The van der Waals surface area contributed by atoms with Gasteiger partial charge in [0.2, 0.25) is 0 Å². The molecule has 5 rings (SSSR count). The van der Waals surface area contributed by atoms with E-state index >= 15 is 0 Å². The largest absolute Gasteiger partial charge is 0.488 e. The molecule has 2 heterocycles. The SMILES string of the molecule is CCC1=C(C(=O)OC)[C@H](c2ccccc2)n2c(s/c(=C\c3ccccc3OCc3ccccc3F)c2=O)=N1. The van der Waals surface area contributed by atoms with Gasteiger partial charge in [-0.25, -0.2) is 14.2 Å². The molecule has 0 aliphatic carbocycles. The van der Waals surface area contributed by atoms with Crippen molar-refractivity contribution in [3.63, 3.8) is 0 Å². The van der Waals surface area contributed by atoms with Crippen LogP contribution in [0.25, 0.3) is 6.08 Å². The first kappa shape index (κ1) is 25.4. The normalized spacial score (nSPS) is 15.1. The van der Waals surface area contributed by atoms with E-state index in [0.29, 0.717) is 43.9 Å². The smallest absolute Gasteiger partial charge is 0.338 e. The van der Waals surface area contributed by atoms with Gasteiger partial charge in [0, 0.05) is 11.1 Å². The summed E-state index contributed by atoms with van der Waals surface area (Å²) < 4.78 is 27.1. The van der Waals surface area contributed by atoms with Gasteiger partial charge >= 0.3 is 5.97 Å². The van der Waals surface area contributed by atoms with E-state index in [-0.39, 0.29) is 18.0 Å². The highest BCUT2D eigenvalue weighted by molar-refractivity contribution is 7.07. The van der Waals surface area contributed by atoms with Crippen LogP contribution < -0.4 is 19.6 Å². The van der Waals surface area contributed by atoms with E-state index in [4.69, 9.17) is 9.47 Å². The quantitative estimate of drug-likeness (QED) is 0.331. The van der Waals surface area contributed by atoms with Crippen LogP contribution in [0.5, 0.6) is 5.75 Å². The number of halogens is 1. The Morgan fingerprint density at radius 2 is 1.76 bits per heavy atom. The van der Waals surface area contributed by atoms with Crippen molar-refractivity contribution in [2.24, 2.45) is 4.99 Å². The lowest BCUT2D eigenvalue weighted by Crippen LogP contribution is -2.40. The minimum absolute atomic E-state index is 0.0507. The van der Waals surface area contributed by atoms with Crippen LogP contribution in [0.3, 0.4) is 0 Å². The molecule has 1 aliphatic heterocycles. The Hall–Kier alpha value is -4.30. The Balaban J connectivity index is 1.62. The second-order valence-corrected chi connectivity index (χ2v) is 9.63. The third-order valence-corrected chi connectivity index (χ3v) is 7.30. The number of ether oxygens (including phenoxy) is 2. The predicted molar refractivity (Wildman–Crippen MR) is 144 cm³/mol. The summed E-state index contributed by atoms with van der Waals surface area (Å²) in [5.41, 5.74) is 2.57. The van der Waals surface area contributed by atoms with Crippen molar-refractivity contribution >= 4 is 23.4 Å². The van der Waals surface area contributed by atoms with Crippen molar-refractivity contribution in [1.82, 2.24) is 4.57 Å². The summed E-state index contributed by atoms with van der Waals surface area (Å²) in [4.78, 5) is 31.9. The highest BCUT2D eigenvalue weighted by Crippen LogP contribution is 2.31. The molecule has 0 unspecified atom stereocenters. The first-order chi connectivity index (χ1) is 18.5. The topological polar surface area (TPSA) is 69.9 Å². The number of nitrogens with zero attached hydrogens (tertiary/aromatic N) is 2. The highest BCUT2D eigenvalue weighted by Gasteiger charge is 2.33. The number of aromatic nitrogens is 1. The fourth-order valence-corrected chi connectivity index (χ4v) is 5.47. The number of para-hydroxylation sites is 1. The molecule has 8 heteroatoms. The van der Waals surface area contributed by atoms with Crippen LogP contribution in [0.4, 0.5) is 4.39 Å². The maximum Gasteiger partial charge on any atom is 0.338 e. The average Bonchev–Trinajstić information content (AvgIpc) is 3.26. The third-order valence-electron chi connectivity index (χ3n) is 6.31. The van der Waals surface area contributed by atoms with E-state index in [9.17, 15) is 14.0 Å². The summed E-state index contributed by atoms with van der Waals surface area (Å²) in [5, 5.41) is 0. The molecule has 0 N–H and O–H groups in total. The zero-order valence-electron chi connectivity index (χ0n) is 20.9. The Kier molecular flexibility index (Phi) is 7.33. The monoisotopic (exact) mass is 528 g/mol. The van der Waals surface area contributed by atoms with Crippen molar-refractivity contribution in [2.75, 3.05) is 7.11 Å². The number of hydrogen-bond acceptors (Lipinski definition) is 6. The molecule has 4 aromatic rings. The zero-order valence-corrected chi connectivity index (χ0v) is 21.7. The molecule has 0 fully saturated rings. The number of fused-ring (bicyclic) bond motifs is 1. The Morgan fingerprint density at radius 1 is 1.05 bits per heavy atom. The molecule has 0 saturated heterocycles. The molecule has 0 radical (unpaired) electrons. The van der Waals surface area contributed by atoms with Gasteiger partial charge in [-0.3, -0.25) is 9.36 Å². The maximum atomic E-state index is 14.1. The number of benzene rings is 3. The molecule has 0 amide bonds. The zero-order chi connectivity index (χ0) is 26.6. The summed E-state index contributed by atoms with van der Waals surface area (Å²) >= 11 is 1.25. The van der Waals surface area contributed by atoms with Gasteiger partial charge in [-0.2, -0.15) is 0 Å². The van der Waals surface area contributed by atoms with Crippen LogP contribution >= 0.6 is 11.3 Å². The lowest BCUT2D eigenvalue weighted by molar-refractivity contribution is -0.136. The Bertz CT molecular complexity index is 1710. The van der Waals surface area contributed by atoms with Crippen molar-refractivity contribution in [1.29, 1.82) is 0 Å². The molecule has 1 aliphatic rings. The summed E-state index contributed by atoms with van der Waals surface area (Å²) in [7, 11) is 1.33. The first-order valence-electron chi connectivity index (χ1n) is 12.1. The Morgan fingerprint density at radius 3 is 2.50 bits per heavy atom. The minimum atomic E-state index is -0.662. The van der Waals surface area contributed by atoms with Gasteiger partial charge in [0.15, 0.2) is 4.80 Å². The fourth-order valence-electron chi connectivity index (χ4n) is 4.46. The van der Waals surface area contributed by atoms with Gasteiger partial charge in [-0.15, -0.1) is 0 Å². The Labute approximate surface area is 222 Å². The van der Waals surface area contributed by atoms with Gasteiger partial charge < -0.3 is 9.47 Å². The molecule has 192 valence electrons. The number of methoxy groups -OCH3 is 1. The number of rotatable bonds is 7. The number of carbonyl (C=O) groups is 1. The van der Waals surface area contributed by atoms with E-state index in [1.807, 2.05) is 55.5 Å². The van der Waals surface area contributed by atoms with Crippen molar-refractivity contribution in [3.05, 3.63) is 132 Å². The van der Waals surface area contributed by atoms with E-state index in [0.717, 1.165) is 5.56 Å². The van der Waals surface area contributed by atoms with Gasteiger partial charge in [-0.1, -0.05) is 85.0 Å². The third kappa shape index (κ3) is 4.82. The maximum absolute atomic E-state index is 14.1. The number of carbonyl (C=O) groups excluding carboxylic acids is 1. The number of thiazole rings is 1. The molecule has 6 nitrogen and oxygen atoms in total. The molecule has 0 spiro atoms. The van der Waals surface area contributed by atoms with E-state index in [2.05, 4.69) is 4.99 Å². The standard InChI is InChI=1S/C30H25FN2O4S/c1-3-23-26(29(35)36-2)27(19-11-5-4-6-12-19)33-28(34)25(38-30(33)32-23)17-20-13-8-10-16-24(20)37-18-21-14-7-9-15-22(21)31/h4-17,27H,3,18H2,1-2H3/b25-17-/t27-/m0/s1. The molecule has 0 bridgehead atoms. The second kappa shape index (κ2) is 11.0. The van der Waals surface area contributed by atoms with Crippen molar-refractivity contribution in [3.8, 4) is 5.75 Å². The lowest BCUT2D eigenvalue weighted by atomic mass is 9.95.